The minimum atomic E-state index is 0.611. The standard InChI is InChI=1S/C56H38N4/c1-6-16-39(17-7-1)44-34-45(40-18-8-2-9-19-40)36-49(35-44)59(47-22-12-4-13-23-47)52-32-28-42-27-31-51-53(33-29-43-26-30-50(52)54(42)55(43)51)60(48-24-14-5-15-25-48)56-57-37-46(38-58-56)41-20-10-3-11-21-41/h1-38H. The van der Waals surface area contributed by atoms with E-state index in [1.54, 1.807) is 0 Å². The van der Waals surface area contributed by atoms with Crippen LogP contribution in [-0.2, 0) is 0 Å². The van der Waals surface area contributed by atoms with Crippen LogP contribution in [0.15, 0.2) is 231 Å². The third-order valence-corrected chi connectivity index (χ3v) is 11.5. The van der Waals surface area contributed by atoms with E-state index in [0.29, 0.717) is 5.95 Å². The zero-order chi connectivity index (χ0) is 39.8. The lowest BCUT2D eigenvalue weighted by atomic mass is 9.91. The molecule has 0 unspecified atom stereocenters. The van der Waals surface area contributed by atoms with Crippen LogP contribution < -0.4 is 9.80 Å². The Bertz CT molecular complexity index is 3170. The summed E-state index contributed by atoms with van der Waals surface area (Å²) in [5, 5.41) is 7.11. The molecule has 0 aliphatic carbocycles. The zero-order valence-electron chi connectivity index (χ0n) is 32.7. The molecule has 0 aliphatic heterocycles. The highest BCUT2D eigenvalue weighted by molar-refractivity contribution is 6.28. The minimum absolute atomic E-state index is 0.611. The lowest BCUT2D eigenvalue weighted by Crippen LogP contribution is -2.14. The summed E-state index contributed by atoms with van der Waals surface area (Å²) in [6.07, 6.45) is 3.84. The molecule has 1 heterocycles. The van der Waals surface area contributed by atoms with Crippen LogP contribution in [-0.4, -0.2) is 9.97 Å². The summed E-state index contributed by atoms with van der Waals surface area (Å²) in [6, 6.07) is 77.8. The van der Waals surface area contributed by atoms with Gasteiger partial charge in [0.2, 0.25) is 5.95 Å². The highest BCUT2D eigenvalue weighted by Gasteiger charge is 2.23. The van der Waals surface area contributed by atoms with E-state index in [1.165, 1.54) is 38.1 Å². The Hall–Kier alpha value is -8.08. The van der Waals surface area contributed by atoms with Crippen LogP contribution in [0.4, 0.5) is 34.4 Å². The molecule has 0 saturated heterocycles. The molecule has 1 aromatic heterocycles. The third-order valence-electron chi connectivity index (χ3n) is 11.5. The fourth-order valence-electron chi connectivity index (χ4n) is 8.66. The molecule has 0 spiro atoms. The molecule has 0 N–H and O–H groups in total. The predicted octanol–water partition coefficient (Wildman–Crippen LogP) is 15.3. The van der Waals surface area contributed by atoms with Gasteiger partial charge >= 0.3 is 0 Å². The van der Waals surface area contributed by atoms with Gasteiger partial charge in [0, 0.05) is 45.8 Å². The molecule has 0 saturated carbocycles. The quantitative estimate of drug-likeness (QED) is 0.137. The van der Waals surface area contributed by atoms with Crippen molar-refractivity contribution in [2.45, 2.75) is 0 Å². The van der Waals surface area contributed by atoms with E-state index in [4.69, 9.17) is 9.97 Å². The molecule has 10 aromatic carbocycles. The molecule has 0 atom stereocenters. The smallest absolute Gasteiger partial charge is 0.234 e. The van der Waals surface area contributed by atoms with Crippen LogP contribution >= 0.6 is 0 Å². The van der Waals surface area contributed by atoms with Gasteiger partial charge in [-0.1, -0.05) is 164 Å². The first-order chi connectivity index (χ1) is 29.8. The van der Waals surface area contributed by atoms with Crippen molar-refractivity contribution in [3.63, 3.8) is 0 Å². The van der Waals surface area contributed by atoms with Crippen LogP contribution in [0.3, 0.4) is 0 Å². The second-order valence-corrected chi connectivity index (χ2v) is 15.1. The number of anilines is 6. The molecule has 0 aliphatic rings. The van der Waals surface area contributed by atoms with Crippen molar-refractivity contribution in [2.24, 2.45) is 0 Å². The lowest BCUT2D eigenvalue weighted by Gasteiger charge is -2.29. The highest BCUT2D eigenvalue weighted by Crippen LogP contribution is 2.48. The molecular weight excluding hydrogens is 729 g/mol. The van der Waals surface area contributed by atoms with E-state index >= 15 is 0 Å². The van der Waals surface area contributed by atoms with Crippen molar-refractivity contribution in [2.75, 3.05) is 9.80 Å². The van der Waals surface area contributed by atoms with Crippen LogP contribution in [0.1, 0.15) is 0 Å². The Morgan fingerprint density at radius 1 is 0.283 bits per heavy atom. The molecule has 4 nitrogen and oxygen atoms in total. The molecule has 60 heavy (non-hydrogen) atoms. The van der Waals surface area contributed by atoms with E-state index in [-0.39, 0.29) is 0 Å². The second-order valence-electron chi connectivity index (χ2n) is 15.1. The first kappa shape index (κ1) is 35.1. The third kappa shape index (κ3) is 6.28. The summed E-state index contributed by atoms with van der Waals surface area (Å²) in [5.41, 5.74) is 12.0. The van der Waals surface area contributed by atoms with E-state index < -0.39 is 0 Å². The highest BCUT2D eigenvalue weighted by atomic mass is 15.3. The van der Waals surface area contributed by atoms with E-state index in [1.807, 2.05) is 36.7 Å². The molecule has 11 aromatic rings. The first-order valence-corrected chi connectivity index (χ1v) is 20.3. The normalized spacial score (nSPS) is 11.3. The Kier molecular flexibility index (Phi) is 8.79. The molecule has 282 valence electrons. The van der Waals surface area contributed by atoms with Gasteiger partial charge < -0.3 is 4.90 Å². The van der Waals surface area contributed by atoms with Crippen molar-refractivity contribution in [1.29, 1.82) is 0 Å². The van der Waals surface area contributed by atoms with Crippen molar-refractivity contribution in [1.82, 2.24) is 9.97 Å². The summed E-state index contributed by atoms with van der Waals surface area (Å²) in [4.78, 5) is 14.6. The van der Waals surface area contributed by atoms with Gasteiger partial charge in [-0.05, 0) is 104 Å². The zero-order valence-corrected chi connectivity index (χ0v) is 32.7. The monoisotopic (exact) mass is 766 g/mol. The van der Waals surface area contributed by atoms with Crippen LogP contribution in [0, 0.1) is 0 Å². The molecule has 4 heteroatoms. The van der Waals surface area contributed by atoms with Gasteiger partial charge in [-0.3, -0.25) is 4.90 Å². The Balaban J connectivity index is 1.13. The van der Waals surface area contributed by atoms with E-state index in [9.17, 15) is 0 Å². The fourth-order valence-corrected chi connectivity index (χ4v) is 8.66. The molecule has 0 fully saturated rings. The average molecular weight is 767 g/mol. The van der Waals surface area contributed by atoms with Gasteiger partial charge in [0.05, 0.1) is 11.4 Å². The molecule has 0 radical (unpaired) electrons. The van der Waals surface area contributed by atoms with Gasteiger partial charge in [0.1, 0.15) is 0 Å². The summed E-state index contributed by atoms with van der Waals surface area (Å²) in [5.74, 6) is 0.611. The number of hydrogen-bond acceptors (Lipinski definition) is 4. The predicted molar refractivity (Wildman–Crippen MR) is 251 cm³/mol. The maximum absolute atomic E-state index is 4.99. The van der Waals surface area contributed by atoms with Crippen molar-refractivity contribution < 1.29 is 0 Å². The lowest BCUT2D eigenvalue weighted by molar-refractivity contribution is 1.09. The first-order valence-electron chi connectivity index (χ1n) is 20.3. The minimum Gasteiger partial charge on any atom is -0.310 e. The number of benzene rings is 10. The van der Waals surface area contributed by atoms with Crippen LogP contribution in [0.2, 0.25) is 0 Å². The Morgan fingerprint density at radius 2 is 0.667 bits per heavy atom. The number of nitrogens with zero attached hydrogens (tertiary/aromatic N) is 4. The maximum atomic E-state index is 4.99. The summed E-state index contributed by atoms with van der Waals surface area (Å²) in [7, 11) is 0. The van der Waals surface area contributed by atoms with E-state index in [0.717, 1.165) is 56.1 Å². The molecule has 0 amide bonds. The van der Waals surface area contributed by atoms with E-state index in [2.05, 4.69) is 204 Å². The summed E-state index contributed by atoms with van der Waals surface area (Å²) >= 11 is 0. The number of hydrogen-bond donors (Lipinski definition) is 0. The topological polar surface area (TPSA) is 32.3 Å². The van der Waals surface area contributed by atoms with Gasteiger partial charge in [-0.15, -0.1) is 0 Å². The summed E-state index contributed by atoms with van der Waals surface area (Å²) in [6.45, 7) is 0. The Labute approximate surface area is 349 Å². The largest absolute Gasteiger partial charge is 0.310 e. The van der Waals surface area contributed by atoms with Gasteiger partial charge in [-0.2, -0.15) is 0 Å². The SMILES string of the molecule is c1ccc(-c2cnc(N(c3ccccc3)c3ccc4ccc5c(N(c6ccccc6)c6cc(-c7ccccc7)cc(-c7ccccc7)c6)ccc6ccc3c4c65)nc2)cc1. The Morgan fingerprint density at radius 3 is 1.13 bits per heavy atom. The number of rotatable bonds is 9. The molecule has 11 rings (SSSR count). The van der Waals surface area contributed by atoms with Gasteiger partial charge in [-0.25, -0.2) is 9.97 Å². The van der Waals surface area contributed by atoms with Crippen molar-refractivity contribution >= 4 is 66.7 Å². The second kappa shape index (κ2) is 15.0. The van der Waals surface area contributed by atoms with Crippen LogP contribution in [0.5, 0.6) is 0 Å². The average Bonchev–Trinajstić information content (AvgIpc) is 3.33. The molecular formula is C56H38N4. The number of para-hydroxylation sites is 2. The fraction of sp³-hybridized carbons (Fsp3) is 0. The summed E-state index contributed by atoms with van der Waals surface area (Å²) < 4.78 is 0. The number of aromatic nitrogens is 2. The molecule has 0 bridgehead atoms. The van der Waals surface area contributed by atoms with Crippen molar-refractivity contribution in [3.8, 4) is 33.4 Å². The van der Waals surface area contributed by atoms with Crippen molar-refractivity contribution in [3.05, 3.63) is 231 Å². The van der Waals surface area contributed by atoms with Crippen LogP contribution in [0.25, 0.3) is 65.7 Å². The van der Waals surface area contributed by atoms with Gasteiger partial charge in [0.15, 0.2) is 0 Å². The van der Waals surface area contributed by atoms with Gasteiger partial charge in [0.25, 0.3) is 0 Å². The maximum Gasteiger partial charge on any atom is 0.234 e.